The van der Waals surface area contributed by atoms with Crippen LogP contribution in [0.15, 0.2) is 28.3 Å². The van der Waals surface area contributed by atoms with Gasteiger partial charge in [-0.05, 0) is 37.4 Å². The number of hydrogen-bond acceptors (Lipinski definition) is 6. The second kappa shape index (κ2) is 6.36. The molecule has 0 spiro atoms. The van der Waals surface area contributed by atoms with Gasteiger partial charge in [0.25, 0.3) is 0 Å². The van der Waals surface area contributed by atoms with Gasteiger partial charge in [0.1, 0.15) is 11.3 Å². The molecule has 2 aromatic heterocycles. The van der Waals surface area contributed by atoms with Crippen LogP contribution in [0.25, 0.3) is 0 Å². The molecular formula is C14H18N4O2S. The van der Waals surface area contributed by atoms with Crippen molar-refractivity contribution in [2.45, 2.75) is 25.8 Å². The van der Waals surface area contributed by atoms with E-state index in [2.05, 4.69) is 27.3 Å². The fourth-order valence-electron chi connectivity index (χ4n) is 2.73. The Morgan fingerprint density at radius 2 is 2.52 bits per heavy atom. The van der Waals surface area contributed by atoms with Crippen molar-refractivity contribution in [3.63, 3.8) is 0 Å². The summed E-state index contributed by atoms with van der Waals surface area (Å²) >= 11 is 1.32. The van der Waals surface area contributed by atoms with E-state index in [0.29, 0.717) is 17.6 Å². The highest BCUT2D eigenvalue weighted by molar-refractivity contribution is 7.13. The molecule has 0 saturated carbocycles. The third-order valence-electron chi connectivity index (χ3n) is 3.80. The van der Waals surface area contributed by atoms with Crippen LogP contribution in [0.5, 0.6) is 0 Å². The van der Waals surface area contributed by atoms with Gasteiger partial charge in [0, 0.05) is 0 Å². The van der Waals surface area contributed by atoms with Crippen molar-refractivity contribution in [1.82, 2.24) is 15.1 Å². The highest BCUT2D eigenvalue weighted by Gasteiger charge is 2.30. The van der Waals surface area contributed by atoms with Gasteiger partial charge < -0.3 is 4.42 Å². The molecule has 0 aromatic carbocycles. The second-order valence-corrected chi connectivity index (χ2v) is 6.26. The highest BCUT2D eigenvalue weighted by Crippen LogP contribution is 2.33. The van der Waals surface area contributed by atoms with Gasteiger partial charge in [-0.25, -0.2) is 0 Å². The van der Waals surface area contributed by atoms with Crippen LogP contribution in [-0.2, 0) is 4.79 Å². The molecule has 1 aliphatic heterocycles. The number of carbonyl (C=O) groups is 1. The molecule has 0 radical (unpaired) electrons. The molecule has 0 bridgehead atoms. The maximum atomic E-state index is 12.1. The van der Waals surface area contributed by atoms with Crippen molar-refractivity contribution >= 4 is 22.4 Å². The number of nitrogens with zero attached hydrogens (tertiary/aromatic N) is 3. The Bertz CT molecular complexity index is 570. The summed E-state index contributed by atoms with van der Waals surface area (Å²) in [4.78, 5) is 14.3. The van der Waals surface area contributed by atoms with E-state index in [-0.39, 0.29) is 11.9 Å². The molecule has 112 valence electrons. The van der Waals surface area contributed by atoms with Gasteiger partial charge in [0.05, 0.1) is 18.8 Å². The summed E-state index contributed by atoms with van der Waals surface area (Å²) in [6.07, 6.45) is 3.80. The number of hydrogen-bond donors (Lipinski definition) is 1. The van der Waals surface area contributed by atoms with Gasteiger partial charge >= 0.3 is 0 Å². The Labute approximate surface area is 127 Å². The van der Waals surface area contributed by atoms with E-state index in [1.54, 1.807) is 11.8 Å². The maximum Gasteiger partial charge on any atom is 0.240 e. The Hall–Kier alpha value is -1.73. The van der Waals surface area contributed by atoms with E-state index in [1.165, 1.54) is 11.3 Å². The summed E-state index contributed by atoms with van der Waals surface area (Å²) in [6, 6.07) is 4.05. The zero-order valence-corrected chi connectivity index (χ0v) is 12.7. The number of likely N-dealkylation sites (tertiary alicyclic amines) is 1. The molecule has 2 atom stereocenters. The van der Waals surface area contributed by atoms with Gasteiger partial charge in [-0.3, -0.25) is 15.0 Å². The second-order valence-electron chi connectivity index (χ2n) is 5.42. The summed E-state index contributed by atoms with van der Waals surface area (Å²) in [7, 11) is 0. The number of aromatic nitrogens is 2. The third-order valence-corrected chi connectivity index (χ3v) is 4.41. The Balaban J connectivity index is 1.66. The zero-order chi connectivity index (χ0) is 14.7. The highest BCUT2D eigenvalue weighted by atomic mass is 32.1. The standard InChI is InChI=1S/C14H18N4O2S/c1-10-4-5-18(11(7-10)12-3-2-6-20-12)8-13(19)16-14-17-15-9-21-14/h2-3,6,9-11H,4-5,7-8H2,1H3,(H,16,17,19)/t10-,11-/m1/s1. The molecule has 0 aliphatic carbocycles. The monoisotopic (exact) mass is 306 g/mol. The first kappa shape index (κ1) is 14.2. The van der Waals surface area contributed by atoms with Crippen LogP contribution in [0, 0.1) is 5.92 Å². The molecule has 0 unspecified atom stereocenters. The molecule has 1 N–H and O–H groups in total. The number of anilines is 1. The summed E-state index contributed by atoms with van der Waals surface area (Å²) in [6.45, 7) is 3.49. The van der Waals surface area contributed by atoms with Crippen molar-refractivity contribution in [2.24, 2.45) is 5.92 Å². The Kier molecular flexibility index (Phi) is 4.31. The molecule has 1 aliphatic rings. The van der Waals surface area contributed by atoms with E-state index in [0.717, 1.165) is 25.1 Å². The van der Waals surface area contributed by atoms with Crippen LogP contribution in [-0.4, -0.2) is 34.1 Å². The number of piperidine rings is 1. The quantitative estimate of drug-likeness (QED) is 0.940. The molecule has 6 nitrogen and oxygen atoms in total. The minimum absolute atomic E-state index is 0.0575. The topological polar surface area (TPSA) is 71.3 Å². The molecular weight excluding hydrogens is 288 g/mol. The molecule has 1 fully saturated rings. The van der Waals surface area contributed by atoms with Crippen LogP contribution in [0.3, 0.4) is 0 Å². The summed E-state index contributed by atoms with van der Waals surface area (Å²) in [5.41, 5.74) is 1.60. The van der Waals surface area contributed by atoms with Gasteiger partial charge in [-0.1, -0.05) is 18.3 Å². The van der Waals surface area contributed by atoms with Crippen molar-refractivity contribution in [3.05, 3.63) is 29.7 Å². The third kappa shape index (κ3) is 3.48. The first-order valence-corrected chi connectivity index (χ1v) is 7.94. The zero-order valence-electron chi connectivity index (χ0n) is 11.9. The number of furan rings is 1. The van der Waals surface area contributed by atoms with E-state index in [4.69, 9.17) is 4.42 Å². The normalized spacial score (nSPS) is 23.1. The Morgan fingerprint density at radius 3 is 3.24 bits per heavy atom. The van der Waals surface area contributed by atoms with E-state index in [9.17, 15) is 4.79 Å². The van der Waals surface area contributed by atoms with Crippen molar-refractivity contribution in [3.8, 4) is 0 Å². The fraction of sp³-hybridized carbons (Fsp3) is 0.500. The van der Waals surface area contributed by atoms with Gasteiger partial charge in [-0.2, -0.15) is 0 Å². The fourth-order valence-corrected chi connectivity index (χ4v) is 3.19. The SMILES string of the molecule is C[C@@H]1CCN(CC(=O)Nc2nncs2)[C@@H](c2ccco2)C1. The average Bonchev–Trinajstić information content (AvgIpc) is 3.13. The van der Waals surface area contributed by atoms with Crippen LogP contribution in [0.1, 0.15) is 31.6 Å². The Morgan fingerprint density at radius 1 is 1.62 bits per heavy atom. The molecule has 1 saturated heterocycles. The molecule has 3 rings (SSSR count). The minimum Gasteiger partial charge on any atom is -0.468 e. The lowest BCUT2D eigenvalue weighted by Crippen LogP contribution is -2.41. The molecule has 3 heterocycles. The minimum atomic E-state index is -0.0575. The van der Waals surface area contributed by atoms with Gasteiger partial charge in [0.15, 0.2) is 0 Å². The molecule has 2 aromatic rings. The lowest BCUT2D eigenvalue weighted by atomic mass is 9.91. The molecule has 21 heavy (non-hydrogen) atoms. The summed E-state index contributed by atoms with van der Waals surface area (Å²) in [5.74, 6) is 1.52. The lowest BCUT2D eigenvalue weighted by molar-refractivity contribution is -0.118. The summed E-state index contributed by atoms with van der Waals surface area (Å²) < 4.78 is 5.55. The predicted octanol–water partition coefficient (Wildman–Crippen LogP) is 2.54. The maximum absolute atomic E-state index is 12.1. The van der Waals surface area contributed by atoms with Gasteiger partial charge in [-0.15, -0.1) is 10.2 Å². The van der Waals surface area contributed by atoms with Crippen LogP contribution in [0.4, 0.5) is 5.13 Å². The smallest absolute Gasteiger partial charge is 0.240 e. The molecule has 1 amide bonds. The number of amides is 1. The van der Waals surface area contributed by atoms with E-state index in [1.807, 2.05) is 12.1 Å². The first-order chi connectivity index (χ1) is 10.2. The number of carbonyl (C=O) groups excluding carboxylic acids is 1. The van der Waals surface area contributed by atoms with Crippen LogP contribution >= 0.6 is 11.3 Å². The van der Waals surface area contributed by atoms with Gasteiger partial charge in [0.2, 0.25) is 11.0 Å². The van der Waals surface area contributed by atoms with Crippen molar-refractivity contribution in [1.29, 1.82) is 0 Å². The number of nitrogens with one attached hydrogen (secondary N) is 1. The largest absolute Gasteiger partial charge is 0.468 e. The summed E-state index contributed by atoms with van der Waals surface area (Å²) in [5, 5.41) is 10.9. The average molecular weight is 306 g/mol. The van der Waals surface area contributed by atoms with Crippen molar-refractivity contribution < 1.29 is 9.21 Å². The van der Waals surface area contributed by atoms with E-state index >= 15 is 0 Å². The molecule has 7 heteroatoms. The van der Waals surface area contributed by atoms with Crippen molar-refractivity contribution in [2.75, 3.05) is 18.4 Å². The first-order valence-electron chi connectivity index (χ1n) is 7.06. The number of rotatable bonds is 4. The lowest BCUT2D eigenvalue weighted by Gasteiger charge is -2.36. The van der Waals surface area contributed by atoms with Crippen LogP contribution < -0.4 is 5.32 Å². The van der Waals surface area contributed by atoms with E-state index < -0.39 is 0 Å². The predicted molar refractivity (Wildman–Crippen MR) is 80.0 cm³/mol. The van der Waals surface area contributed by atoms with Crippen LogP contribution in [0.2, 0.25) is 0 Å².